The molecule has 20 nitrogen and oxygen atoms in total. The summed E-state index contributed by atoms with van der Waals surface area (Å²) in [5.74, 6) is -3.35. The van der Waals surface area contributed by atoms with Crippen LogP contribution in [0.2, 0.25) is 15.1 Å². The van der Waals surface area contributed by atoms with E-state index >= 15 is 0 Å². The van der Waals surface area contributed by atoms with Crippen molar-refractivity contribution in [3.8, 4) is 35.5 Å². The molecule has 3 aliphatic heterocycles. The van der Waals surface area contributed by atoms with Crippen LogP contribution in [0.3, 0.4) is 0 Å². The number of carbonyl (C=O) groups is 1. The number of hydrogen-bond acceptors (Lipinski definition) is 22. The van der Waals surface area contributed by atoms with E-state index in [1.807, 2.05) is 103 Å². The van der Waals surface area contributed by atoms with Crippen LogP contribution in [0.15, 0.2) is 284 Å². The van der Waals surface area contributed by atoms with E-state index in [2.05, 4.69) is 43.1 Å². The molecule has 0 amide bonds. The highest BCUT2D eigenvalue weighted by molar-refractivity contribution is 8.00. The molecule has 0 saturated heterocycles. The molecule has 6 aliphatic rings. The van der Waals surface area contributed by atoms with E-state index in [9.17, 15) is 51.2 Å². The zero-order chi connectivity index (χ0) is 77.2. The molecule has 3 fully saturated rings. The zero-order valence-corrected chi connectivity index (χ0v) is 62.5. The van der Waals surface area contributed by atoms with E-state index in [1.54, 1.807) is 140 Å². The first kappa shape index (κ1) is 74.2. The molecule has 15 atom stereocenters. The van der Waals surface area contributed by atoms with E-state index in [-0.39, 0.29) is 32.5 Å². The lowest BCUT2D eigenvalue weighted by atomic mass is 9.71. The smallest absolute Gasteiger partial charge is 0.339 e. The predicted octanol–water partition coefficient (Wildman–Crippen LogP) is 13.6. The summed E-state index contributed by atoms with van der Waals surface area (Å²) in [6.07, 6.45) is 4.83. The van der Waals surface area contributed by atoms with Gasteiger partial charge in [-0.15, -0.1) is 0 Å². The van der Waals surface area contributed by atoms with E-state index < -0.39 is 92.1 Å². The third-order valence-electron chi connectivity index (χ3n) is 21.5. The van der Waals surface area contributed by atoms with E-state index in [4.69, 9.17) is 66.1 Å². The quantitative estimate of drug-likeness (QED) is 0.0619. The van der Waals surface area contributed by atoms with Crippen molar-refractivity contribution in [2.24, 2.45) is 5.92 Å². The summed E-state index contributed by atoms with van der Waals surface area (Å²) in [5.41, 5.74) is -4.80. The molecular formula is C85H60Cl3N9O11S3. The number of nitriles is 3. The Morgan fingerprint density at radius 2 is 0.775 bits per heavy atom. The molecular weight excluding hydrogens is 1530 g/mol. The van der Waals surface area contributed by atoms with E-state index in [1.165, 1.54) is 54.4 Å². The highest BCUT2D eigenvalue weighted by Crippen LogP contribution is 2.72. The van der Waals surface area contributed by atoms with Crippen LogP contribution < -0.4 is 19.0 Å². The minimum atomic E-state index is -2.20. The number of ether oxygens (including phenoxy) is 3. The molecule has 111 heavy (non-hydrogen) atoms. The average molecular weight is 1590 g/mol. The van der Waals surface area contributed by atoms with Gasteiger partial charge < -0.3 is 49.7 Å². The van der Waals surface area contributed by atoms with Gasteiger partial charge in [-0.05, 0) is 106 Å². The molecule has 6 aromatic heterocycles. The number of rotatable bonds is 12. The van der Waals surface area contributed by atoms with Crippen LogP contribution in [0, 0.1) is 44.6 Å². The SMILES string of the molecule is N#Cc1ccc([C@@]23Oc4cc(Cl)cnc4[C@]2(O)[C@H](O)[C@H](C(=O)On2ccccc2=S)[C@H]3c2ccccc2)cc1.N#Cc1ccc([C@@]23Oc4cc(Cl)cnc4[C@]2(O)[C@H](O)[C@H](Sc2ccccn2)[C@H]3c2ccccc2)cc1.N#Cc1ccc([C@@]23Oc4cc(Cl)cnc4[C@]2(O)[C@H](O)[C@H](Sc2ccccn2)[C@H]3c2ccccc2)cc1. The first-order valence-corrected chi connectivity index (χ1v) is 38.1. The van der Waals surface area contributed by atoms with E-state index in [0.29, 0.717) is 70.5 Å². The Hall–Kier alpha value is -10.9. The van der Waals surface area contributed by atoms with Crippen molar-refractivity contribution >= 4 is 76.5 Å². The van der Waals surface area contributed by atoms with Crippen LogP contribution in [0.4, 0.5) is 0 Å². The fourth-order valence-electron chi connectivity index (χ4n) is 16.9. The molecule has 3 aliphatic carbocycles. The number of aromatic nitrogens is 6. The van der Waals surface area contributed by atoms with Crippen molar-refractivity contribution in [3.05, 3.63) is 361 Å². The average Bonchev–Trinajstić information content (AvgIpc) is 1.51. The molecule has 0 unspecified atom stereocenters. The number of nitrogens with zero attached hydrogens (tertiary/aromatic N) is 9. The van der Waals surface area contributed by atoms with Gasteiger partial charge in [-0.1, -0.05) is 216 Å². The first-order valence-electron chi connectivity index (χ1n) is 34.8. The largest absolute Gasteiger partial charge is 0.476 e. The molecule has 0 radical (unpaired) electrons. The molecule has 6 aromatic carbocycles. The summed E-state index contributed by atoms with van der Waals surface area (Å²) in [6.45, 7) is 0. The van der Waals surface area contributed by atoms with Gasteiger partial charge in [0.2, 0.25) is 0 Å². The number of benzene rings is 6. The minimum Gasteiger partial charge on any atom is -0.476 e. The third kappa shape index (κ3) is 11.8. The highest BCUT2D eigenvalue weighted by atomic mass is 35.5. The molecule has 0 bridgehead atoms. The number of thioether (sulfide) groups is 2. The Morgan fingerprint density at radius 1 is 0.441 bits per heavy atom. The molecule has 3 saturated carbocycles. The summed E-state index contributed by atoms with van der Waals surface area (Å²) < 4.78 is 21.3. The molecule has 12 aromatic rings. The van der Waals surface area contributed by atoms with Crippen molar-refractivity contribution < 1.29 is 54.5 Å². The fraction of sp³-hybridized carbons (Fsp3) is 0.176. The number of pyridine rings is 6. The summed E-state index contributed by atoms with van der Waals surface area (Å²) >= 11 is 26.8. The maximum absolute atomic E-state index is 13.9. The third-order valence-corrected chi connectivity index (χ3v) is 25.0. The Labute approximate surface area is 664 Å². The zero-order valence-electron chi connectivity index (χ0n) is 57.8. The topological polar surface area (TPSA) is 316 Å². The van der Waals surface area contributed by atoms with Crippen molar-refractivity contribution in [2.45, 2.75) is 90.2 Å². The Kier molecular flexibility index (Phi) is 19.7. The van der Waals surface area contributed by atoms with Gasteiger partial charge in [-0.2, -0.15) is 20.5 Å². The lowest BCUT2D eigenvalue weighted by Gasteiger charge is -2.40. The van der Waals surface area contributed by atoms with Crippen LogP contribution in [0.5, 0.6) is 17.2 Å². The Balaban J connectivity index is 0.000000126. The lowest BCUT2D eigenvalue weighted by molar-refractivity contribution is -0.164. The van der Waals surface area contributed by atoms with Gasteiger partial charge >= 0.3 is 5.97 Å². The number of aliphatic hydroxyl groups is 6. The fourth-order valence-corrected chi connectivity index (χ4v) is 20.3. The standard InChI is InChI=1S/C29H20ClN3O5S.2C28H20ClN3O3S/c30-20-14-21-25(32-16-20)28(36)26(34)23(27(35)38-33-13-5-4-8-22(33)39)24(18-6-2-1-3-7-18)29(28,37-21)19-11-9-17(15-31)10-12-19;2*29-20-14-21-25(32-16-20)27(34)26(33)24(36-22-8-4-5-13-31-22)23(18-6-2-1-3-7-18)28(27,35-21)19-11-9-17(15-30)10-12-19/h1-14,16,23-24,26,34,36H;2*1-14,16,23-24,26,33-34H/t23-,24-,26-,28+,29+;2*23-,24-,26-,27+,28+/m111/s1. The van der Waals surface area contributed by atoms with Crippen molar-refractivity contribution in [1.29, 1.82) is 15.8 Å². The predicted molar refractivity (Wildman–Crippen MR) is 413 cm³/mol. The van der Waals surface area contributed by atoms with Crippen LogP contribution in [0.1, 0.15) is 84.9 Å². The number of carbonyl (C=O) groups excluding carboxylic acids is 1. The van der Waals surface area contributed by atoms with Gasteiger partial charge in [0, 0.05) is 73.1 Å². The molecule has 9 heterocycles. The van der Waals surface area contributed by atoms with Gasteiger partial charge in [-0.25, -0.2) is 14.8 Å². The van der Waals surface area contributed by atoms with Crippen molar-refractivity contribution in [1.82, 2.24) is 29.7 Å². The molecule has 550 valence electrons. The number of hydrogen-bond donors (Lipinski definition) is 6. The van der Waals surface area contributed by atoms with E-state index in [0.717, 1.165) is 15.9 Å². The Bertz CT molecular complexity index is 5510. The number of fused-ring (bicyclic) bond motifs is 9. The first-order chi connectivity index (χ1) is 53.8. The molecule has 0 spiro atoms. The summed E-state index contributed by atoms with van der Waals surface area (Å²) in [5, 5.41) is 103. The lowest BCUT2D eigenvalue weighted by Crippen LogP contribution is -2.52. The maximum atomic E-state index is 13.9. The number of halogens is 3. The van der Waals surface area contributed by atoms with Gasteiger partial charge in [-0.3, -0.25) is 15.0 Å². The second-order valence-electron chi connectivity index (χ2n) is 27.2. The summed E-state index contributed by atoms with van der Waals surface area (Å²) in [7, 11) is 0. The van der Waals surface area contributed by atoms with Crippen LogP contribution in [-0.4, -0.2) is 95.1 Å². The Morgan fingerprint density at radius 3 is 1.12 bits per heavy atom. The molecule has 26 heteroatoms. The van der Waals surface area contributed by atoms with Gasteiger partial charge in [0.15, 0.2) is 33.6 Å². The summed E-state index contributed by atoms with van der Waals surface area (Å²) in [4.78, 5) is 41.7. The van der Waals surface area contributed by atoms with Crippen LogP contribution >= 0.6 is 70.5 Å². The normalized spacial score (nSPS) is 27.6. The maximum Gasteiger partial charge on any atom is 0.339 e. The number of aliphatic hydroxyl groups excluding tert-OH is 3. The van der Waals surface area contributed by atoms with Crippen LogP contribution in [0.25, 0.3) is 0 Å². The minimum absolute atomic E-state index is 0.0383. The molecule has 6 N–H and O–H groups in total. The van der Waals surface area contributed by atoms with Crippen molar-refractivity contribution in [2.75, 3.05) is 0 Å². The van der Waals surface area contributed by atoms with Crippen molar-refractivity contribution in [3.63, 3.8) is 0 Å². The monoisotopic (exact) mass is 1580 g/mol. The van der Waals surface area contributed by atoms with Gasteiger partial charge in [0.1, 0.15) is 57.3 Å². The van der Waals surface area contributed by atoms with Crippen LogP contribution in [-0.2, 0) is 38.4 Å². The molecule has 18 rings (SSSR count). The second-order valence-corrected chi connectivity index (χ2v) is 31.3. The van der Waals surface area contributed by atoms with Gasteiger partial charge in [0.25, 0.3) is 0 Å². The van der Waals surface area contributed by atoms with Gasteiger partial charge in [0.05, 0.1) is 76.4 Å². The second kappa shape index (κ2) is 29.4. The highest BCUT2D eigenvalue weighted by Gasteiger charge is 2.81. The summed E-state index contributed by atoms with van der Waals surface area (Å²) in [6, 6.07) is 75.8.